The number of aliphatic hydroxyl groups is 1. The number of hydrogen-bond acceptors (Lipinski definition) is 4. The van der Waals surface area contributed by atoms with Crippen LogP contribution in [-0.2, 0) is 9.59 Å². The van der Waals surface area contributed by atoms with Crippen molar-refractivity contribution in [3.05, 3.63) is 0 Å². The quantitative estimate of drug-likeness (QED) is 0.321. The van der Waals surface area contributed by atoms with Gasteiger partial charge in [-0.2, -0.15) is 0 Å². The fourth-order valence-corrected chi connectivity index (χ4v) is 3.44. The summed E-state index contributed by atoms with van der Waals surface area (Å²) in [7, 11) is 0. The highest BCUT2D eigenvalue weighted by Gasteiger charge is 2.34. The first-order valence-corrected chi connectivity index (χ1v) is 9.87. The molecule has 0 spiro atoms. The van der Waals surface area contributed by atoms with Gasteiger partial charge in [0.25, 0.3) is 0 Å². The highest BCUT2D eigenvalue weighted by atomic mass is 32.1. The van der Waals surface area contributed by atoms with Crippen LogP contribution in [0.5, 0.6) is 0 Å². The van der Waals surface area contributed by atoms with Crippen molar-refractivity contribution in [2.45, 2.75) is 89.7 Å². The van der Waals surface area contributed by atoms with E-state index in [1.807, 2.05) is 4.90 Å². The molecule has 0 aromatic heterocycles. The summed E-state index contributed by atoms with van der Waals surface area (Å²) in [6.07, 6.45) is 8.60. The normalized spacial score (nSPS) is 18.5. The van der Waals surface area contributed by atoms with Crippen LogP contribution in [0, 0.1) is 0 Å². The second-order valence-electron chi connectivity index (χ2n) is 6.79. The summed E-state index contributed by atoms with van der Waals surface area (Å²) in [5, 5.41) is 21.9. The molecule has 0 aromatic rings. The van der Waals surface area contributed by atoms with Crippen molar-refractivity contribution in [1.29, 1.82) is 0 Å². The van der Waals surface area contributed by atoms with Crippen LogP contribution < -0.4 is 5.32 Å². The topological polar surface area (TPSA) is 89.9 Å². The molecule has 2 unspecified atom stereocenters. The Labute approximate surface area is 156 Å². The van der Waals surface area contributed by atoms with Crippen molar-refractivity contribution in [1.82, 2.24) is 10.2 Å². The minimum atomic E-state index is -0.760. The third kappa shape index (κ3) is 8.63. The van der Waals surface area contributed by atoms with Gasteiger partial charge in [-0.15, -0.1) is 0 Å². The lowest BCUT2D eigenvalue weighted by atomic mass is 10.0. The van der Waals surface area contributed by atoms with E-state index in [9.17, 15) is 14.7 Å². The Morgan fingerprint density at radius 1 is 1.20 bits per heavy atom. The van der Waals surface area contributed by atoms with Gasteiger partial charge in [-0.25, -0.2) is 0 Å². The molecule has 1 aliphatic heterocycles. The van der Waals surface area contributed by atoms with E-state index in [0.717, 1.165) is 44.9 Å². The molecule has 144 valence electrons. The fraction of sp³-hybridized carbons (Fsp3) is 0.833. The molecule has 0 radical (unpaired) electrons. The summed E-state index contributed by atoms with van der Waals surface area (Å²) in [4.78, 5) is 24.5. The number of nitrogens with zero attached hydrogens (tertiary/aromatic N) is 1. The van der Waals surface area contributed by atoms with E-state index in [0.29, 0.717) is 30.9 Å². The number of nitrogens with one attached hydrogen (secondary N) is 1. The highest BCUT2D eigenvalue weighted by molar-refractivity contribution is 7.80. The number of thiocarbonyl (C=S) groups is 1. The molecular weight excluding hydrogens is 340 g/mol. The Morgan fingerprint density at radius 3 is 2.60 bits per heavy atom. The van der Waals surface area contributed by atoms with Gasteiger partial charge in [-0.05, 0) is 37.9 Å². The number of aliphatic carboxylic acids is 1. The standard InChI is InChI=1S/C18H32N2O4S/c1-2-3-6-9-14(21)12-13-20-15(17(24)19-18(20)25)10-7-4-5-8-11-16(22)23/h14-15,21H,2-13H2,1H3,(H,22,23)(H,19,24,25). The van der Waals surface area contributed by atoms with E-state index in [4.69, 9.17) is 17.3 Å². The summed E-state index contributed by atoms with van der Waals surface area (Å²) in [5.74, 6) is -0.819. The van der Waals surface area contributed by atoms with Gasteiger partial charge in [0, 0.05) is 13.0 Å². The van der Waals surface area contributed by atoms with Crippen molar-refractivity contribution < 1.29 is 19.8 Å². The summed E-state index contributed by atoms with van der Waals surface area (Å²) in [6, 6.07) is -0.255. The zero-order valence-corrected chi connectivity index (χ0v) is 16.0. The number of carboxylic acids is 1. The smallest absolute Gasteiger partial charge is 0.303 e. The fourth-order valence-electron chi connectivity index (χ4n) is 3.12. The van der Waals surface area contributed by atoms with Crippen LogP contribution in [0.1, 0.15) is 77.6 Å². The SMILES string of the molecule is CCCCCC(O)CCN1C(=S)NC(=O)C1CCCCCCC(=O)O. The van der Waals surface area contributed by atoms with Crippen LogP contribution in [-0.4, -0.2) is 50.8 Å². The first-order valence-electron chi connectivity index (χ1n) is 9.47. The van der Waals surface area contributed by atoms with Crippen LogP contribution in [0.25, 0.3) is 0 Å². The zero-order chi connectivity index (χ0) is 18.7. The maximum atomic E-state index is 12.1. The van der Waals surface area contributed by atoms with Gasteiger partial charge in [0.05, 0.1) is 6.10 Å². The Balaban J connectivity index is 2.31. The van der Waals surface area contributed by atoms with Crippen LogP contribution in [0.3, 0.4) is 0 Å². The number of carbonyl (C=O) groups is 2. The predicted octanol–water partition coefficient (Wildman–Crippen LogP) is 2.83. The predicted molar refractivity (Wildman–Crippen MR) is 101 cm³/mol. The summed E-state index contributed by atoms with van der Waals surface area (Å²) in [6.45, 7) is 2.73. The summed E-state index contributed by atoms with van der Waals surface area (Å²) < 4.78 is 0. The maximum absolute atomic E-state index is 12.1. The molecule has 0 saturated carbocycles. The lowest BCUT2D eigenvalue weighted by Crippen LogP contribution is -2.37. The molecule has 0 aromatic carbocycles. The van der Waals surface area contributed by atoms with Gasteiger partial charge in [-0.3, -0.25) is 9.59 Å². The Kier molecular flexibility index (Phi) is 10.6. The van der Waals surface area contributed by atoms with Crippen molar-refractivity contribution in [3.8, 4) is 0 Å². The van der Waals surface area contributed by atoms with E-state index < -0.39 is 5.97 Å². The van der Waals surface area contributed by atoms with Crippen molar-refractivity contribution in [2.75, 3.05) is 6.54 Å². The third-order valence-corrected chi connectivity index (χ3v) is 4.97. The average Bonchev–Trinajstić information content (AvgIpc) is 2.82. The van der Waals surface area contributed by atoms with Crippen LogP contribution >= 0.6 is 12.2 Å². The summed E-state index contributed by atoms with van der Waals surface area (Å²) in [5.41, 5.74) is 0. The second-order valence-corrected chi connectivity index (χ2v) is 7.18. The van der Waals surface area contributed by atoms with Crippen molar-refractivity contribution in [3.63, 3.8) is 0 Å². The molecule has 1 fully saturated rings. The molecule has 0 bridgehead atoms. The molecule has 3 N–H and O–H groups in total. The van der Waals surface area contributed by atoms with Gasteiger partial charge < -0.3 is 20.4 Å². The first kappa shape index (κ1) is 21.8. The minimum Gasteiger partial charge on any atom is -0.481 e. The van der Waals surface area contributed by atoms with Crippen molar-refractivity contribution >= 4 is 29.2 Å². The number of carboxylic acid groups (broad SMARTS) is 1. The molecule has 0 aliphatic carbocycles. The van der Waals surface area contributed by atoms with Gasteiger partial charge in [0.1, 0.15) is 6.04 Å². The van der Waals surface area contributed by atoms with E-state index in [1.165, 1.54) is 0 Å². The number of amides is 1. The molecule has 1 aliphatic rings. The lowest BCUT2D eigenvalue weighted by molar-refractivity contribution is -0.137. The lowest BCUT2D eigenvalue weighted by Gasteiger charge is -2.24. The molecule has 1 saturated heterocycles. The summed E-state index contributed by atoms with van der Waals surface area (Å²) >= 11 is 5.25. The largest absolute Gasteiger partial charge is 0.481 e. The maximum Gasteiger partial charge on any atom is 0.303 e. The number of hydrogen-bond donors (Lipinski definition) is 3. The van der Waals surface area contributed by atoms with Crippen LogP contribution in [0.2, 0.25) is 0 Å². The Hall–Kier alpha value is -1.21. The number of unbranched alkanes of at least 4 members (excludes halogenated alkanes) is 5. The minimum absolute atomic E-state index is 0.0593. The molecule has 25 heavy (non-hydrogen) atoms. The van der Waals surface area contributed by atoms with Gasteiger partial charge in [0.15, 0.2) is 5.11 Å². The zero-order valence-electron chi connectivity index (χ0n) is 15.2. The Morgan fingerprint density at radius 2 is 1.92 bits per heavy atom. The molecule has 6 nitrogen and oxygen atoms in total. The first-order chi connectivity index (χ1) is 12.0. The number of carbonyl (C=O) groups excluding carboxylic acids is 1. The molecule has 7 heteroatoms. The number of aliphatic hydroxyl groups excluding tert-OH is 1. The molecular formula is C18H32N2O4S. The van der Waals surface area contributed by atoms with E-state index in [-0.39, 0.29) is 24.5 Å². The molecule has 1 heterocycles. The van der Waals surface area contributed by atoms with E-state index in [1.54, 1.807) is 0 Å². The highest BCUT2D eigenvalue weighted by Crippen LogP contribution is 2.18. The Bertz CT molecular complexity index is 445. The van der Waals surface area contributed by atoms with Gasteiger partial charge >= 0.3 is 5.97 Å². The molecule has 1 amide bonds. The number of rotatable bonds is 14. The van der Waals surface area contributed by atoms with Crippen molar-refractivity contribution in [2.24, 2.45) is 0 Å². The van der Waals surface area contributed by atoms with E-state index in [2.05, 4.69) is 12.2 Å². The van der Waals surface area contributed by atoms with Gasteiger partial charge in [-0.1, -0.05) is 45.4 Å². The van der Waals surface area contributed by atoms with Crippen LogP contribution in [0.15, 0.2) is 0 Å². The molecule has 2 atom stereocenters. The third-order valence-electron chi connectivity index (χ3n) is 4.63. The monoisotopic (exact) mass is 372 g/mol. The van der Waals surface area contributed by atoms with Gasteiger partial charge in [0.2, 0.25) is 5.91 Å². The van der Waals surface area contributed by atoms with Crippen LogP contribution in [0.4, 0.5) is 0 Å². The molecule has 1 rings (SSSR count). The average molecular weight is 373 g/mol. The second kappa shape index (κ2) is 12.2. The van der Waals surface area contributed by atoms with E-state index >= 15 is 0 Å².